The number of rotatable bonds is 3. The number of amides is 1. The Balaban J connectivity index is 1.39. The summed E-state index contributed by atoms with van der Waals surface area (Å²) in [6.07, 6.45) is 1.75. The van der Waals surface area contributed by atoms with Gasteiger partial charge in [-0.2, -0.15) is 5.10 Å². The smallest absolute Gasteiger partial charge is 0.254 e. The standard InChI is InChI=1S/C24H24FN5O/c1-17-22(23(18-5-3-2-4-6-18)30-21(27-17)11-12-26-30)24(31)29-15-13-28(14-16-29)20-9-7-19(25)8-10-20/h2-12,23,27H,13-16H2,1H3. The van der Waals surface area contributed by atoms with Crippen molar-refractivity contribution in [2.24, 2.45) is 0 Å². The summed E-state index contributed by atoms with van der Waals surface area (Å²) in [5.74, 6) is 0.664. The van der Waals surface area contributed by atoms with Crippen molar-refractivity contribution in [2.45, 2.75) is 13.0 Å². The van der Waals surface area contributed by atoms with Gasteiger partial charge in [-0.15, -0.1) is 0 Å². The molecule has 0 bridgehead atoms. The van der Waals surface area contributed by atoms with Crippen LogP contribution in [0.1, 0.15) is 18.5 Å². The number of carbonyl (C=O) groups is 1. The molecule has 0 spiro atoms. The first-order valence-corrected chi connectivity index (χ1v) is 10.5. The minimum atomic E-state index is -0.268. The maximum absolute atomic E-state index is 13.7. The molecule has 0 radical (unpaired) electrons. The fourth-order valence-electron chi connectivity index (χ4n) is 4.42. The van der Waals surface area contributed by atoms with Crippen LogP contribution in [0.2, 0.25) is 0 Å². The quantitative estimate of drug-likeness (QED) is 0.707. The second-order valence-electron chi connectivity index (χ2n) is 7.89. The van der Waals surface area contributed by atoms with E-state index in [1.165, 1.54) is 12.1 Å². The van der Waals surface area contributed by atoms with Gasteiger partial charge in [0.2, 0.25) is 0 Å². The Kier molecular flexibility index (Phi) is 4.94. The highest BCUT2D eigenvalue weighted by Crippen LogP contribution is 2.36. The number of nitrogens with one attached hydrogen (secondary N) is 1. The van der Waals surface area contributed by atoms with Crippen LogP contribution in [0.3, 0.4) is 0 Å². The Morgan fingerprint density at radius 3 is 2.42 bits per heavy atom. The van der Waals surface area contributed by atoms with Crippen LogP contribution in [-0.2, 0) is 4.79 Å². The number of fused-ring (bicyclic) bond motifs is 1. The van der Waals surface area contributed by atoms with E-state index >= 15 is 0 Å². The molecular weight excluding hydrogens is 393 g/mol. The zero-order valence-electron chi connectivity index (χ0n) is 17.3. The van der Waals surface area contributed by atoms with Gasteiger partial charge >= 0.3 is 0 Å². The van der Waals surface area contributed by atoms with Gasteiger partial charge in [0.1, 0.15) is 17.7 Å². The fraction of sp³-hybridized carbons (Fsp3) is 0.250. The maximum atomic E-state index is 13.7. The summed E-state index contributed by atoms with van der Waals surface area (Å²) >= 11 is 0. The number of benzene rings is 2. The molecule has 1 saturated heterocycles. The topological polar surface area (TPSA) is 53.4 Å². The zero-order chi connectivity index (χ0) is 21.4. The van der Waals surface area contributed by atoms with E-state index in [1.807, 2.05) is 52.9 Å². The second-order valence-corrected chi connectivity index (χ2v) is 7.89. The van der Waals surface area contributed by atoms with Gasteiger partial charge in [0.05, 0.1) is 11.8 Å². The molecule has 1 fully saturated rings. The molecule has 0 saturated carbocycles. The number of hydrogen-bond donors (Lipinski definition) is 1. The summed E-state index contributed by atoms with van der Waals surface area (Å²) in [6, 6.07) is 18.2. The number of anilines is 2. The van der Waals surface area contributed by atoms with Gasteiger partial charge in [-0.3, -0.25) is 4.79 Å². The normalized spacial score (nSPS) is 18.6. The van der Waals surface area contributed by atoms with E-state index in [-0.39, 0.29) is 17.8 Å². The Labute approximate surface area is 180 Å². The highest BCUT2D eigenvalue weighted by molar-refractivity contribution is 5.97. The number of nitrogens with zero attached hydrogens (tertiary/aromatic N) is 4. The second kappa shape index (κ2) is 7.91. The molecule has 1 aromatic heterocycles. The third kappa shape index (κ3) is 3.56. The molecule has 31 heavy (non-hydrogen) atoms. The maximum Gasteiger partial charge on any atom is 0.254 e. The summed E-state index contributed by atoms with van der Waals surface area (Å²) in [5.41, 5.74) is 3.58. The number of carbonyl (C=O) groups excluding carboxylic acids is 1. The SMILES string of the molecule is CC1=C(C(=O)N2CCN(c3ccc(F)cc3)CC2)C(c2ccccc2)n2nccc2N1. The van der Waals surface area contributed by atoms with Crippen LogP contribution in [0.5, 0.6) is 0 Å². The average molecular weight is 417 g/mol. The van der Waals surface area contributed by atoms with Crippen molar-refractivity contribution >= 4 is 17.4 Å². The first-order chi connectivity index (χ1) is 15.1. The van der Waals surface area contributed by atoms with Gasteiger partial charge in [-0.1, -0.05) is 30.3 Å². The molecule has 158 valence electrons. The average Bonchev–Trinajstić information content (AvgIpc) is 3.27. The summed E-state index contributed by atoms with van der Waals surface area (Å²) in [6.45, 7) is 4.59. The monoisotopic (exact) mass is 417 g/mol. The predicted octanol–water partition coefficient (Wildman–Crippen LogP) is 3.66. The predicted molar refractivity (Wildman–Crippen MR) is 118 cm³/mol. The molecule has 1 unspecified atom stereocenters. The van der Waals surface area contributed by atoms with Gasteiger partial charge in [0.25, 0.3) is 5.91 Å². The molecule has 2 aliphatic heterocycles. The molecule has 2 aliphatic rings. The number of piperazine rings is 1. The van der Waals surface area contributed by atoms with Gasteiger partial charge in [-0.25, -0.2) is 9.07 Å². The third-order valence-corrected chi connectivity index (χ3v) is 6.01. The molecule has 6 nitrogen and oxygen atoms in total. The van der Waals surface area contributed by atoms with Crippen LogP contribution < -0.4 is 10.2 Å². The molecule has 1 atom stereocenters. The van der Waals surface area contributed by atoms with Crippen molar-refractivity contribution in [2.75, 3.05) is 36.4 Å². The molecule has 1 N–H and O–H groups in total. The van der Waals surface area contributed by atoms with Gasteiger partial charge in [0, 0.05) is 43.6 Å². The fourth-order valence-corrected chi connectivity index (χ4v) is 4.42. The van der Waals surface area contributed by atoms with Crippen LogP contribution in [0, 0.1) is 5.82 Å². The van der Waals surface area contributed by atoms with E-state index in [0.717, 1.165) is 28.3 Å². The lowest BCUT2D eigenvalue weighted by Crippen LogP contribution is -2.50. The highest BCUT2D eigenvalue weighted by Gasteiger charge is 2.35. The Bertz CT molecular complexity index is 1110. The van der Waals surface area contributed by atoms with E-state index in [2.05, 4.69) is 15.3 Å². The van der Waals surface area contributed by atoms with Crippen LogP contribution in [0.25, 0.3) is 0 Å². The first kappa shape index (κ1) is 19.4. The molecule has 3 aromatic rings. The van der Waals surface area contributed by atoms with Crippen molar-refractivity contribution < 1.29 is 9.18 Å². The van der Waals surface area contributed by atoms with Crippen molar-refractivity contribution in [3.63, 3.8) is 0 Å². The first-order valence-electron chi connectivity index (χ1n) is 10.5. The lowest BCUT2D eigenvalue weighted by atomic mass is 9.94. The molecular formula is C24H24FN5O. The van der Waals surface area contributed by atoms with E-state index in [0.29, 0.717) is 26.2 Å². The summed E-state index contributed by atoms with van der Waals surface area (Å²) in [5, 5.41) is 7.83. The molecule has 0 aliphatic carbocycles. The van der Waals surface area contributed by atoms with E-state index in [1.54, 1.807) is 18.3 Å². The lowest BCUT2D eigenvalue weighted by Gasteiger charge is -2.38. The number of allylic oxidation sites excluding steroid dienone is 1. The van der Waals surface area contributed by atoms with Crippen molar-refractivity contribution in [1.29, 1.82) is 0 Å². The number of halogens is 1. The largest absolute Gasteiger partial charge is 0.368 e. The molecule has 1 amide bonds. The Morgan fingerprint density at radius 1 is 1.00 bits per heavy atom. The summed E-state index contributed by atoms with van der Waals surface area (Å²) < 4.78 is 15.1. The van der Waals surface area contributed by atoms with Crippen LogP contribution >= 0.6 is 0 Å². The van der Waals surface area contributed by atoms with Crippen LogP contribution in [-0.4, -0.2) is 46.8 Å². The number of hydrogen-bond acceptors (Lipinski definition) is 4. The van der Waals surface area contributed by atoms with E-state index in [9.17, 15) is 9.18 Å². The van der Waals surface area contributed by atoms with Crippen LogP contribution in [0.15, 0.2) is 78.1 Å². The van der Waals surface area contributed by atoms with Gasteiger partial charge in [-0.05, 0) is 36.8 Å². The molecule has 2 aromatic carbocycles. The van der Waals surface area contributed by atoms with E-state index < -0.39 is 0 Å². The third-order valence-electron chi connectivity index (χ3n) is 6.01. The highest BCUT2D eigenvalue weighted by atomic mass is 19.1. The van der Waals surface area contributed by atoms with Crippen molar-refractivity contribution in [3.05, 3.63) is 89.5 Å². The minimum absolute atomic E-state index is 0.0266. The van der Waals surface area contributed by atoms with E-state index in [4.69, 9.17) is 0 Å². The molecule has 3 heterocycles. The molecule has 7 heteroatoms. The van der Waals surface area contributed by atoms with Crippen molar-refractivity contribution in [1.82, 2.24) is 14.7 Å². The van der Waals surface area contributed by atoms with Gasteiger partial charge < -0.3 is 15.1 Å². The van der Waals surface area contributed by atoms with Gasteiger partial charge in [0.15, 0.2) is 0 Å². The van der Waals surface area contributed by atoms with Crippen LogP contribution in [0.4, 0.5) is 15.9 Å². The summed E-state index contributed by atoms with van der Waals surface area (Å²) in [7, 11) is 0. The van der Waals surface area contributed by atoms with Crippen molar-refractivity contribution in [3.8, 4) is 0 Å². The number of aromatic nitrogens is 2. The minimum Gasteiger partial charge on any atom is -0.368 e. The summed E-state index contributed by atoms with van der Waals surface area (Å²) in [4.78, 5) is 17.8. The zero-order valence-corrected chi connectivity index (χ0v) is 17.3. The Hall–Kier alpha value is -3.61. The Morgan fingerprint density at radius 2 is 1.71 bits per heavy atom. The molecule has 5 rings (SSSR count). The lowest BCUT2D eigenvalue weighted by molar-refractivity contribution is -0.127.